The third-order valence-electron chi connectivity index (χ3n) is 4.25. The van der Waals surface area contributed by atoms with E-state index in [0.717, 1.165) is 17.7 Å². The molecule has 5 heteroatoms. The molecule has 0 N–H and O–H groups in total. The van der Waals surface area contributed by atoms with Gasteiger partial charge in [0.05, 0.1) is 5.69 Å². The normalized spacial score (nSPS) is 15.7. The Morgan fingerprint density at radius 3 is 2.36 bits per heavy atom. The van der Waals surface area contributed by atoms with Crippen molar-refractivity contribution in [3.8, 4) is 0 Å². The van der Waals surface area contributed by atoms with Crippen LogP contribution in [-0.4, -0.2) is 27.3 Å². The Morgan fingerprint density at radius 1 is 1.09 bits per heavy atom. The second-order valence-electron chi connectivity index (χ2n) is 6.18. The number of hydrogen-bond acceptors (Lipinski definition) is 3. The number of nitrogens with zero attached hydrogens (tertiary/aromatic N) is 4. The second-order valence-corrected chi connectivity index (χ2v) is 6.18. The maximum absolute atomic E-state index is 4.73. The lowest BCUT2D eigenvalue weighted by Gasteiger charge is -2.29. The zero-order chi connectivity index (χ0) is 15.7. The first-order chi connectivity index (χ1) is 10.5. The molecule has 0 aliphatic carbocycles. The molecule has 0 spiro atoms. The summed E-state index contributed by atoms with van der Waals surface area (Å²) in [6.07, 6.45) is 3.08. The fraction of sp³-hybridized carbons (Fsp3) is 0.294. The molecule has 1 aliphatic heterocycles. The lowest BCUT2D eigenvalue weighted by Crippen LogP contribution is -2.47. The summed E-state index contributed by atoms with van der Waals surface area (Å²) in [5.74, 6) is 0. The van der Waals surface area contributed by atoms with Crippen molar-refractivity contribution < 1.29 is 0 Å². The molecule has 1 unspecified atom stereocenters. The number of hydrazone groups is 1. The number of benzene rings is 1. The minimum Gasteiger partial charge on any atom is -0.418 e. The van der Waals surface area contributed by atoms with E-state index in [4.69, 9.17) is 10.2 Å². The fourth-order valence-corrected chi connectivity index (χ4v) is 3.33. The first-order valence-corrected chi connectivity index (χ1v) is 7.85. The molecule has 4 nitrogen and oxygen atoms in total. The Labute approximate surface area is 132 Å². The molecule has 2 aromatic rings. The van der Waals surface area contributed by atoms with Gasteiger partial charge in [0.2, 0.25) is 0 Å². The molecule has 0 bridgehead atoms. The molecule has 0 saturated carbocycles. The lowest BCUT2D eigenvalue weighted by molar-refractivity contribution is 0.495. The maximum Gasteiger partial charge on any atom is 0.281 e. The van der Waals surface area contributed by atoms with E-state index in [1.807, 2.05) is 13.8 Å². The number of rotatable bonds is 4. The van der Waals surface area contributed by atoms with Gasteiger partial charge in [0.1, 0.15) is 5.10 Å². The lowest BCUT2D eigenvalue weighted by atomic mass is 9.68. The summed E-state index contributed by atoms with van der Waals surface area (Å²) in [6.45, 7) is 7.40. The molecule has 22 heavy (non-hydrogen) atoms. The van der Waals surface area contributed by atoms with Crippen LogP contribution in [0.25, 0.3) is 0 Å². The minimum atomic E-state index is -0.938. The molecule has 1 aromatic carbocycles. The van der Waals surface area contributed by atoms with Crippen molar-refractivity contribution in [2.24, 2.45) is 0 Å². The van der Waals surface area contributed by atoms with E-state index >= 15 is 0 Å². The Morgan fingerprint density at radius 2 is 1.82 bits per heavy atom. The van der Waals surface area contributed by atoms with Crippen LogP contribution >= 0.6 is 0 Å². The van der Waals surface area contributed by atoms with Crippen LogP contribution in [0.15, 0.2) is 48.2 Å². The summed E-state index contributed by atoms with van der Waals surface area (Å²) in [4.78, 5) is 2.17. The Hall–Kier alpha value is -2.30. The number of aromatic nitrogens is 2. The highest BCUT2D eigenvalue weighted by atomic mass is 15.5. The van der Waals surface area contributed by atoms with Crippen LogP contribution in [0.3, 0.4) is 0 Å². The predicted octanol–water partition coefficient (Wildman–Crippen LogP) is 2.28. The van der Waals surface area contributed by atoms with E-state index in [2.05, 4.69) is 65.8 Å². The van der Waals surface area contributed by atoms with Gasteiger partial charge in [-0.15, -0.1) is 6.32 Å². The van der Waals surface area contributed by atoms with Crippen molar-refractivity contribution >= 4 is 12.7 Å². The average molecular weight is 293 g/mol. The van der Waals surface area contributed by atoms with Crippen LogP contribution in [0.1, 0.15) is 30.8 Å². The molecule has 1 aromatic heterocycles. The molecular weight excluding hydrogens is 271 g/mol. The fourth-order valence-electron chi connectivity index (χ4n) is 3.33. The Kier molecular flexibility index (Phi) is 3.88. The molecule has 113 valence electrons. The first-order valence-electron chi connectivity index (χ1n) is 7.85. The van der Waals surface area contributed by atoms with Gasteiger partial charge < -0.3 is 4.59 Å². The molecule has 1 radical (unpaired) electrons. The van der Waals surface area contributed by atoms with Crippen molar-refractivity contribution in [2.75, 3.05) is 0 Å². The van der Waals surface area contributed by atoms with Gasteiger partial charge >= 0.3 is 0 Å². The van der Waals surface area contributed by atoms with Gasteiger partial charge in [0, 0.05) is 18.7 Å². The predicted molar refractivity (Wildman–Crippen MR) is 92.8 cm³/mol. The summed E-state index contributed by atoms with van der Waals surface area (Å²) in [7, 11) is 0. The van der Waals surface area contributed by atoms with Crippen LogP contribution in [0.2, 0.25) is 0 Å². The van der Waals surface area contributed by atoms with Crippen molar-refractivity contribution in [3.63, 3.8) is 0 Å². The van der Waals surface area contributed by atoms with E-state index in [9.17, 15) is 0 Å². The number of allylic oxidation sites excluding steroid dienone is 2. The largest absolute Gasteiger partial charge is 0.418 e. The number of hydrogen-bond donors (Lipinski definition) is 0. The van der Waals surface area contributed by atoms with Crippen LogP contribution < -0.4 is 5.10 Å². The smallest absolute Gasteiger partial charge is 0.281 e. The molecule has 1 aliphatic rings. The van der Waals surface area contributed by atoms with Crippen molar-refractivity contribution in [2.45, 2.75) is 34.0 Å². The van der Waals surface area contributed by atoms with E-state index in [-0.39, 0.29) is 0 Å². The monoisotopic (exact) mass is 293 g/mol. The standard InChI is InChI=1S/C17H22BN4/c1-13-10-15(3)21(19-13)18(12-17-8-6-5-7-9-17)22-16(4)11-14(2)20-22/h5-11,18H,12H2,1-4H3. The summed E-state index contributed by atoms with van der Waals surface area (Å²) < 4.78 is 2.17. The SMILES string of the molecule is CC1=CC(C)=[N+]N1[BH-](Cc1ccccc1)n1nc(C)cc1C. The zero-order valence-electron chi connectivity index (χ0n) is 13.7. The summed E-state index contributed by atoms with van der Waals surface area (Å²) in [5, 5.41) is 9.45. The van der Waals surface area contributed by atoms with E-state index < -0.39 is 6.98 Å². The molecule has 3 rings (SSSR count). The van der Waals surface area contributed by atoms with Crippen LogP contribution in [0.4, 0.5) is 0 Å². The topological polar surface area (TPSA) is 35.2 Å². The highest BCUT2D eigenvalue weighted by Crippen LogP contribution is 2.16. The highest BCUT2D eigenvalue weighted by Gasteiger charge is 2.29. The van der Waals surface area contributed by atoms with Gasteiger partial charge in [-0.2, -0.15) is 0 Å². The van der Waals surface area contributed by atoms with Crippen molar-refractivity contribution in [3.05, 3.63) is 65.1 Å². The van der Waals surface area contributed by atoms with Gasteiger partial charge in [-0.25, -0.2) is 10.0 Å². The summed E-state index contributed by atoms with van der Waals surface area (Å²) in [5.41, 5.74) is 5.83. The second kappa shape index (κ2) is 5.83. The van der Waals surface area contributed by atoms with Gasteiger partial charge in [0.15, 0.2) is 0 Å². The van der Waals surface area contributed by atoms with E-state index in [1.165, 1.54) is 17.0 Å². The van der Waals surface area contributed by atoms with Crippen LogP contribution in [0.5, 0.6) is 0 Å². The highest BCUT2D eigenvalue weighted by molar-refractivity contribution is 6.54. The molecular formula is C17H22BN4. The zero-order valence-corrected chi connectivity index (χ0v) is 13.7. The Balaban J connectivity index is 1.99. The van der Waals surface area contributed by atoms with Gasteiger partial charge in [-0.05, 0) is 32.5 Å². The molecule has 2 heterocycles. The molecule has 0 amide bonds. The van der Waals surface area contributed by atoms with Crippen molar-refractivity contribution in [1.29, 1.82) is 0 Å². The van der Waals surface area contributed by atoms with E-state index in [1.54, 1.807) is 0 Å². The minimum absolute atomic E-state index is 0.938. The van der Waals surface area contributed by atoms with Crippen molar-refractivity contribution in [1.82, 2.24) is 19.7 Å². The summed E-state index contributed by atoms with van der Waals surface area (Å²) in [6, 6.07) is 12.7. The van der Waals surface area contributed by atoms with Gasteiger partial charge in [0.25, 0.3) is 12.7 Å². The van der Waals surface area contributed by atoms with Crippen LogP contribution in [0, 0.1) is 13.8 Å². The first kappa shape index (κ1) is 14.6. The van der Waals surface area contributed by atoms with Gasteiger partial charge in [-0.1, -0.05) is 35.9 Å². The third-order valence-corrected chi connectivity index (χ3v) is 4.25. The van der Waals surface area contributed by atoms with Gasteiger partial charge in [-0.3, -0.25) is 0 Å². The molecule has 1 atom stereocenters. The quantitative estimate of drug-likeness (QED) is 0.811. The number of aryl methyl sites for hydroxylation is 2. The van der Waals surface area contributed by atoms with E-state index in [0.29, 0.717) is 0 Å². The maximum atomic E-state index is 4.73. The molecule has 0 saturated heterocycles. The average Bonchev–Trinajstić information content (AvgIpc) is 2.99. The third kappa shape index (κ3) is 2.84. The Bertz CT molecular complexity index is 730. The van der Waals surface area contributed by atoms with Crippen LogP contribution in [-0.2, 0) is 6.32 Å². The summed E-state index contributed by atoms with van der Waals surface area (Å²) >= 11 is 0. The molecule has 0 fully saturated rings.